The third kappa shape index (κ3) is 2.66. The predicted molar refractivity (Wildman–Crippen MR) is 93.9 cm³/mol. The summed E-state index contributed by atoms with van der Waals surface area (Å²) < 4.78 is 5.93. The molecule has 0 bridgehead atoms. The van der Waals surface area contributed by atoms with Crippen molar-refractivity contribution in [3.8, 4) is 0 Å². The van der Waals surface area contributed by atoms with Gasteiger partial charge in [0.15, 0.2) is 0 Å². The van der Waals surface area contributed by atoms with Crippen LogP contribution in [0.5, 0.6) is 0 Å². The smallest absolute Gasteiger partial charge is 0.330 e. The lowest BCUT2D eigenvalue weighted by molar-refractivity contribution is 0.0767. The van der Waals surface area contributed by atoms with E-state index in [1.807, 2.05) is 46.0 Å². The number of H-pyrrole nitrogens is 1. The Kier molecular flexibility index (Phi) is 3.56. The number of aromatic nitrogens is 2. The van der Waals surface area contributed by atoms with Crippen LogP contribution in [0.4, 0.5) is 0 Å². The Morgan fingerprint density at radius 2 is 1.86 bits per heavy atom. The summed E-state index contributed by atoms with van der Waals surface area (Å²) in [7, 11) is 7.94. The normalized spacial score (nSPS) is 12.9. The maximum Gasteiger partial charge on any atom is 0.330 e. The van der Waals surface area contributed by atoms with E-state index in [2.05, 4.69) is 22.1 Å². The average Bonchev–Trinajstić information content (AvgIpc) is 2.81. The molecular formula is C17H19B2N2O. The number of rotatable bonds is 4. The molecule has 0 saturated carbocycles. The number of pyridine rings is 1. The van der Waals surface area contributed by atoms with E-state index < -0.39 is 10.9 Å². The minimum Gasteiger partial charge on any atom is -0.430 e. The van der Waals surface area contributed by atoms with E-state index in [0.717, 1.165) is 21.9 Å². The molecule has 3 nitrogen and oxygen atoms in total. The van der Waals surface area contributed by atoms with Crippen molar-refractivity contribution >= 4 is 42.6 Å². The van der Waals surface area contributed by atoms with Gasteiger partial charge in [-0.2, -0.15) is 0 Å². The lowest BCUT2D eigenvalue weighted by Crippen LogP contribution is -2.40. The highest BCUT2D eigenvalue weighted by Crippen LogP contribution is 2.36. The van der Waals surface area contributed by atoms with Crippen molar-refractivity contribution in [2.75, 3.05) is 0 Å². The quantitative estimate of drug-likeness (QED) is 0.749. The fourth-order valence-corrected chi connectivity index (χ4v) is 2.20. The molecule has 109 valence electrons. The Labute approximate surface area is 133 Å². The number of aromatic amines is 1. The lowest BCUT2D eigenvalue weighted by atomic mass is 9.61. The summed E-state index contributed by atoms with van der Waals surface area (Å²) in [6.07, 6.45) is 3.67. The third-order valence-corrected chi connectivity index (χ3v) is 4.47. The highest BCUT2D eigenvalue weighted by atomic mass is 16.5. The van der Waals surface area contributed by atoms with Gasteiger partial charge in [-0.1, -0.05) is 31.4 Å². The van der Waals surface area contributed by atoms with Gasteiger partial charge in [0.05, 0.1) is 7.85 Å². The summed E-state index contributed by atoms with van der Waals surface area (Å²) in [6.45, 7) is 7.93. The van der Waals surface area contributed by atoms with E-state index in [1.165, 1.54) is 5.39 Å². The molecule has 0 unspecified atom stereocenters. The third-order valence-electron chi connectivity index (χ3n) is 4.47. The number of benzene rings is 1. The van der Waals surface area contributed by atoms with Gasteiger partial charge >= 0.3 is 7.48 Å². The van der Waals surface area contributed by atoms with E-state index >= 15 is 0 Å². The van der Waals surface area contributed by atoms with Crippen LogP contribution >= 0.6 is 0 Å². The summed E-state index contributed by atoms with van der Waals surface area (Å²) in [4.78, 5) is 7.59. The monoisotopic (exact) mass is 289 g/mol. The Hall–Kier alpha value is -1.74. The largest absolute Gasteiger partial charge is 0.430 e. The highest BCUT2D eigenvalue weighted by molar-refractivity contribution is 6.47. The summed E-state index contributed by atoms with van der Waals surface area (Å²) >= 11 is 0. The summed E-state index contributed by atoms with van der Waals surface area (Å²) in [5, 5.41) is 1.87. The maximum atomic E-state index is 6.16. The standard InChI is InChI=1S/C17H19B2N2O/c1-16(2,18)17(3,4)22-19-11-5-6-12-13-10-20-8-7-14(13)21-15(12)9-11/h5-10,21H,1-4H3. The van der Waals surface area contributed by atoms with Crippen LogP contribution < -0.4 is 5.46 Å². The summed E-state index contributed by atoms with van der Waals surface area (Å²) in [5.74, 6) is 0. The molecule has 0 atom stereocenters. The average molecular weight is 289 g/mol. The van der Waals surface area contributed by atoms with Gasteiger partial charge in [-0.15, -0.1) is 0 Å². The molecule has 3 rings (SSSR count). The van der Waals surface area contributed by atoms with Gasteiger partial charge < -0.3 is 9.64 Å². The van der Waals surface area contributed by atoms with Crippen molar-refractivity contribution in [3.63, 3.8) is 0 Å². The predicted octanol–water partition coefficient (Wildman–Crippen LogP) is 3.12. The number of fused-ring (bicyclic) bond motifs is 3. The van der Waals surface area contributed by atoms with Crippen molar-refractivity contribution in [2.45, 2.75) is 38.6 Å². The fraction of sp³-hybridized carbons (Fsp3) is 0.353. The second-order valence-corrected chi connectivity index (χ2v) is 6.82. The van der Waals surface area contributed by atoms with E-state index in [0.29, 0.717) is 0 Å². The van der Waals surface area contributed by atoms with E-state index in [4.69, 9.17) is 12.5 Å². The van der Waals surface area contributed by atoms with Gasteiger partial charge in [-0.3, -0.25) is 4.98 Å². The minimum absolute atomic E-state index is 0.430. The first kappa shape index (κ1) is 15.2. The molecular weight excluding hydrogens is 270 g/mol. The van der Waals surface area contributed by atoms with Gasteiger partial charge in [-0.05, 0) is 31.3 Å². The van der Waals surface area contributed by atoms with Crippen molar-refractivity contribution in [1.29, 1.82) is 0 Å². The molecule has 5 heteroatoms. The van der Waals surface area contributed by atoms with Gasteiger partial charge in [0.25, 0.3) is 0 Å². The van der Waals surface area contributed by atoms with Crippen LogP contribution in [0.1, 0.15) is 27.7 Å². The van der Waals surface area contributed by atoms with Gasteiger partial charge in [0.1, 0.15) is 0 Å². The molecule has 22 heavy (non-hydrogen) atoms. The number of hydrogen-bond donors (Lipinski definition) is 1. The zero-order valence-electron chi connectivity index (χ0n) is 13.5. The lowest BCUT2D eigenvalue weighted by Gasteiger charge is -2.39. The first-order valence-electron chi connectivity index (χ1n) is 7.43. The topological polar surface area (TPSA) is 37.9 Å². The molecule has 2 aromatic heterocycles. The highest BCUT2D eigenvalue weighted by Gasteiger charge is 2.32. The van der Waals surface area contributed by atoms with Crippen LogP contribution in [0.3, 0.4) is 0 Å². The zero-order valence-corrected chi connectivity index (χ0v) is 13.5. The first-order valence-corrected chi connectivity index (χ1v) is 7.43. The molecule has 0 aliphatic heterocycles. The molecule has 0 saturated heterocycles. The fourth-order valence-electron chi connectivity index (χ4n) is 2.20. The Bertz CT molecular complexity index is 818. The van der Waals surface area contributed by atoms with E-state index in [-0.39, 0.29) is 0 Å². The molecule has 1 aromatic carbocycles. The molecule has 2 heterocycles. The van der Waals surface area contributed by atoms with Gasteiger partial charge in [0.2, 0.25) is 0 Å². The Balaban J connectivity index is 1.88. The molecule has 0 aliphatic rings. The Morgan fingerprint density at radius 1 is 1.09 bits per heavy atom. The van der Waals surface area contributed by atoms with Crippen LogP contribution in [-0.2, 0) is 4.65 Å². The number of nitrogens with zero attached hydrogens (tertiary/aromatic N) is 1. The van der Waals surface area contributed by atoms with Crippen LogP contribution in [0.25, 0.3) is 21.8 Å². The number of nitrogens with one attached hydrogen (secondary N) is 1. The molecule has 3 radical (unpaired) electrons. The second kappa shape index (κ2) is 5.17. The van der Waals surface area contributed by atoms with Crippen molar-refractivity contribution in [3.05, 3.63) is 36.7 Å². The summed E-state index contributed by atoms with van der Waals surface area (Å²) in [6, 6.07) is 8.19. The molecule has 3 aromatic rings. The van der Waals surface area contributed by atoms with E-state index in [1.54, 1.807) is 13.7 Å². The second-order valence-electron chi connectivity index (χ2n) is 6.82. The first-order chi connectivity index (χ1) is 10.3. The van der Waals surface area contributed by atoms with Gasteiger partial charge in [-0.25, -0.2) is 0 Å². The molecule has 0 spiro atoms. The molecule has 0 aliphatic carbocycles. The SMILES string of the molecule is [B]C(C)(C)C(C)(C)O[B]c1ccc2c(c1)[nH]c1ccncc12. The van der Waals surface area contributed by atoms with Crippen molar-refractivity contribution < 1.29 is 4.65 Å². The van der Waals surface area contributed by atoms with Crippen LogP contribution in [0.2, 0.25) is 5.31 Å². The summed E-state index contributed by atoms with van der Waals surface area (Å²) in [5.41, 5.74) is 2.72. The van der Waals surface area contributed by atoms with Crippen molar-refractivity contribution in [2.24, 2.45) is 0 Å². The Morgan fingerprint density at radius 3 is 2.59 bits per heavy atom. The zero-order chi connectivity index (χ0) is 16.0. The molecule has 0 amide bonds. The van der Waals surface area contributed by atoms with Crippen LogP contribution in [0, 0.1) is 0 Å². The molecule has 0 fully saturated rings. The maximum absolute atomic E-state index is 6.16. The van der Waals surface area contributed by atoms with Crippen molar-refractivity contribution in [1.82, 2.24) is 9.97 Å². The van der Waals surface area contributed by atoms with Crippen LogP contribution in [-0.4, -0.2) is 30.9 Å². The van der Waals surface area contributed by atoms with Crippen LogP contribution in [0.15, 0.2) is 36.7 Å². The molecule has 1 N–H and O–H groups in total. The van der Waals surface area contributed by atoms with Gasteiger partial charge in [0, 0.05) is 39.8 Å². The minimum atomic E-state index is -0.452. The van der Waals surface area contributed by atoms with E-state index in [9.17, 15) is 0 Å². The number of hydrogen-bond acceptors (Lipinski definition) is 2.